The van der Waals surface area contributed by atoms with E-state index in [2.05, 4.69) is 4.98 Å². The second-order valence-electron chi connectivity index (χ2n) is 7.42. The van der Waals surface area contributed by atoms with E-state index in [0.717, 1.165) is 11.3 Å². The molecule has 0 bridgehead atoms. The molecule has 33 heavy (non-hydrogen) atoms. The average molecular weight is 445 g/mol. The second kappa shape index (κ2) is 9.52. The molecule has 2 aromatic rings. The Kier molecular flexibility index (Phi) is 6.35. The summed E-state index contributed by atoms with van der Waals surface area (Å²) in [6.45, 7) is 0.880. The van der Waals surface area contributed by atoms with Crippen LogP contribution in [0.5, 0.6) is 0 Å². The highest BCUT2D eigenvalue weighted by Crippen LogP contribution is 2.35. The molecule has 3 heterocycles. The first kappa shape index (κ1) is 22.0. The van der Waals surface area contributed by atoms with Crippen LogP contribution in [0.2, 0.25) is 0 Å². The number of benzene rings is 1. The number of anilines is 1. The summed E-state index contributed by atoms with van der Waals surface area (Å²) in [7, 11) is 2.50. The van der Waals surface area contributed by atoms with E-state index >= 15 is 0 Å². The molecule has 0 N–H and O–H groups in total. The molecule has 0 fully saturated rings. The fraction of sp³-hybridized carbons (Fsp3) is 0.200. The number of aromatic nitrogens is 1. The Labute approximate surface area is 191 Å². The minimum atomic E-state index is -0.694. The van der Waals surface area contributed by atoms with E-state index in [0.29, 0.717) is 30.8 Å². The van der Waals surface area contributed by atoms with Gasteiger partial charge in [0, 0.05) is 48.7 Å². The lowest BCUT2D eigenvalue weighted by atomic mass is 10.1. The molecule has 2 aliphatic rings. The van der Waals surface area contributed by atoms with Crippen LogP contribution in [0.15, 0.2) is 78.3 Å². The normalized spacial score (nSPS) is 14.9. The molecule has 1 amide bonds. The first-order valence-corrected chi connectivity index (χ1v) is 10.4. The molecule has 8 heteroatoms. The Morgan fingerprint density at radius 2 is 1.85 bits per heavy atom. The molecule has 2 aliphatic heterocycles. The van der Waals surface area contributed by atoms with E-state index in [4.69, 9.17) is 9.47 Å². The van der Waals surface area contributed by atoms with Crippen LogP contribution in [0.25, 0.3) is 0 Å². The number of nitrogens with zero attached hydrogens (tertiary/aromatic N) is 3. The minimum Gasteiger partial charge on any atom is -0.465 e. The lowest BCUT2D eigenvalue weighted by Gasteiger charge is -2.25. The Hall–Kier alpha value is -4.20. The molecule has 168 valence electrons. The topological polar surface area (TPSA) is 89.0 Å². The number of methoxy groups -OCH3 is 2. The molecule has 1 aromatic heterocycles. The molecular formula is C25H23N3O5. The zero-order valence-corrected chi connectivity index (χ0v) is 18.4. The van der Waals surface area contributed by atoms with Gasteiger partial charge in [0.1, 0.15) is 5.70 Å². The molecular weight excluding hydrogens is 422 g/mol. The van der Waals surface area contributed by atoms with Crippen LogP contribution < -0.4 is 4.90 Å². The van der Waals surface area contributed by atoms with Crippen molar-refractivity contribution in [1.29, 1.82) is 0 Å². The lowest BCUT2D eigenvalue weighted by molar-refractivity contribution is -0.139. The third-order valence-corrected chi connectivity index (χ3v) is 5.53. The maximum Gasteiger partial charge on any atom is 0.355 e. The third-order valence-electron chi connectivity index (χ3n) is 5.53. The van der Waals surface area contributed by atoms with Crippen LogP contribution in [-0.4, -0.2) is 48.5 Å². The van der Waals surface area contributed by atoms with Crippen LogP contribution in [0.1, 0.15) is 21.6 Å². The summed E-state index contributed by atoms with van der Waals surface area (Å²) in [4.78, 5) is 45.9. The Bertz CT molecular complexity index is 1180. The average Bonchev–Trinajstić information content (AvgIpc) is 3.03. The number of carbonyl (C=O) groups excluding carboxylic acids is 3. The van der Waals surface area contributed by atoms with Crippen molar-refractivity contribution in [3.8, 4) is 0 Å². The maximum atomic E-state index is 13.1. The number of pyridine rings is 1. The maximum absolute atomic E-state index is 13.1. The Morgan fingerprint density at radius 3 is 2.58 bits per heavy atom. The standard InChI is InChI=1S/C25H23N3O5/c1-32-24(30)19-9-4-6-14-28(22(19)25(31)33-2)21-11-7-10-18-20(21)16-27(23(18)29)15-12-17-8-3-5-13-26-17/h3-11,13-14H,12,15-16H2,1-2H3. The summed E-state index contributed by atoms with van der Waals surface area (Å²) in [6.07, 6.45) is 8.87. The largest absolute Gasteiger partial charge is 0.465 e. The number of esters is 2. The van der Waals surface area contributed by atoms with Gasteiger partial charge in [0.15, 0.2) is 0 Å². The van der Waals surface area contributed by atoms with Crippen molar-refractivity contribution >= 4 is 23.5 Å². The van der Waals surface area contributed by atoms with E-state index in [-0.39, 0.29) is 17.2 Å². The van der Waals surface area contributed by atoms with Gasteiger partial charge in [-0.15, -0.1) is 0 Å². The fourth-order valence-corrected chi connectivity index (χ4v) is 3.93. The van der Waals surface area contributed by atoms with Gasteiger partial charge in [0.25, 0.3) is 5.91 Å². The highest BCUT2D eigenvalue weighted by Gasteiger charge is 2.34. The molecule has 0 saturated carbocycles. The second-order valence-corrected chi connectivity index (χ2v) is 7.42. The summed E-state index contributed by atoms with van der Waals surface area (Å²) in [5, 5.41) is 0. The van der Waals surface area contributed by atoms with E-state index in [1.807, 2.05) is 24.3 Å². The molecule has 0 atom stereocenters. The minimum absolute atomic E-state index is 0.0159. The van der Waals surface area contributed by atoms with Crippen molar-refractivity contribution in [2.24, 2.45) is 0 Å². The third kappa shape index (κ3) is 4.27. The van der Waals surface area contributed by atoms with E-state index in [1.54, 1.807) is 46.5 Å². The summed E-state index contributed by atoms with van der Waals surface area (Å²) in [5.74, 6) is -1.45. The SMILES string of the molecule is COC(=O)C1=C(C(=O)OC)N(c2cccc3c2CN(CCc2ccccn2)C3=O)C=CC=C1. The molecule has 1 aromatic carbocycles. The summed E-state index contributed by atoms with van der Waals surface area (Å²) in [6, 6.07) is 11.0. The van der Waals surface area contributed by atoms with Crippen LogP contribution in [0, 0.1) is 0 Å². The zero-order chi connectivity index (χ0) is 23.4. The first-order chi connectivity index (χ1) is 16.0. The summed E-state index contributed by atoms with van der Waals surface area (Å²) >= 11 is 0. The van der Waals surface area contributed by atoms with Crippen molar-refractivity contribution in [3.63, 3.8) is 0 Å². The summed E-state index contributed by atoms with van der Waals surface area (Å²) in [5.41, 5.74) is 2.92. The number of amides is 1. The zero-order valence-electron chi connectivity index (χ0n) is 18.4. The number of hydrogen-bond donors (Lipinski definition) is 0. The van der Waals surface area contributed by atoms with E-state index in [9.17, 15) is 14.4 Å². The number of rotatable bonds is 6. The van der Waals surface area contributed by atoms with Crippen LogP contribution in [-0.2, 0) is 32.0 Å². The summed E-state index contributed by atoms with van der Waals surface area (Å²) < 4.78 is 9.85. The predicted octanol–water partition coefficient (Wildman–Crippen LogP) is 2.77. The van der Waals surface area contributed by atoms with Gasteiger partial charge in [0.05, 0.1) is 25.5 Å². The van der Waals surface area contributed by atoms with Gasteiger partial charge in [-0.25, -0.2) is 9.59 Å². The number of hydrogen-bond acceptors (Lipinski definition) is 7. The smallest absolute Gasteiger partial charge is 0.355 e. The van der Waals surface area contributed by atoms with Gasteiger partial charge in [-0.05, 0) is 36.4 Å². The van der Waals surface area contributed by atoms with Gasteiger partial charge in [-0.1, -0.05) is 18.2 Å². The molecule has 4 rings (SSSR count). The van der Waals surface area contributed by atoms with Crippen molar-refractivity contribution in [2.45, 2.75) is 13.0 Å². The van der Waals surface area contributed by atoms with Gasteiger partial charge in [-0.2, -0.15) is 0 Å². The van der Waals surface area contributed by atoms with Crippen molar-refractivity contribution in [2.75, 3.05) is 25.7 Å². The molecule has 0 aliphatic carbocycles. The van der Waals surface area contributed by atoms with E-state index < -0.39 is 11.9 Å². The number of allylic oxidation sites excluding steroid dienone is 2. The molecule has 0 saturated heterocycles. The van der Waals surface area contributed by atoms with Crippen LogP contribution >= 0.6 is 0 Å². The quantitative estimate of drug-likeness (QED) is 0.632. The van der Waals surface area contributed by atoms with Crippen molar-refractivity contribution < 1.29 is 23.9 Å². The first-order valence-electron chi connectivity index (χ1n) is 10.4. The lowest BCUT2D eigenvalue weighted by Crippen LogP contribution is -2.28. The molecule has 0 radical (unpaired) electrons. The van der Waals surface area contributed by atoms with E-state index in [1.165, 1.54) is 20.3 Å². The Balaban J connectivity index is 1.71. The highest BCUT2D eigenvalue weighted by atomic mass is 16.5. The number of ether oxygens (including phenoxy) is 2. The Morgan fingerprint density at radius 1 is 1.03 bits per heavy atom. The van der Waals surface area contributed by atoms with Gasteiger partial charge < -0.3 is 19.3 Å². The predicted molar refractivity (Wildman–Crippen MR) is 121 cm³/mol. The molecule has 0 spiro atoms. The van der Waals surface area contributed by atoms with Gasteiger partial charge in [-0.3, -0.25) is 9.78 Å². The fourth-order valence-electron chi connectivity index (χ4n) is 3.93. The monoisotopic (exact) mass is 445 g/mol. The molecule has 0 unspecified atom stereocenters. The highest BCUT2D eigenvalue weighted by molar-refractivity contribution is 6.06. The van der Waals surface area contributed by atoms with Crippen molar-refractivity contribution in [3.05, 3.63) is 95.1 Å². The van der Waals surface area contributed by atoms with Gasteiger partial charge >= 0.3 is 11.9 Å². The van der Waals surface area contributed by atoms with Crippen molar-refractivity contribution in [1.82, 2.24) is 9.88 Å². The van der Waals surface area contributed by atoms with Crippen LogP contribution in [0.3, 0.4) is 0 Å². The van der Waals surface area contributed by atoms with Gasteiger partial charge in [0.2, 0.25) is 0 Å². The number of carbonyl (C=O) groups is 3. The van der Waals surface area contributed by atoms with Crippen LogP contribution in [0.4, 0.5) is 5.69 Å². The number of fused-ring (bicyclic) bond motifs is 1. The molecule has 8 nitrogen and oxygen atoms in total.